The van der Waals surface area contributed by atoms with Gasteiger partial charge in [0.05, 0.1) is 5.69 Å². The third-order valence-corrected chi connectivity index (χ3v) is 4.16. The fraction of sp³-hybridized carbons (Fsp3) is 0.250. The Labute approximate surface area is 150 Å². The lowest BCUT2D eigenvalue weighted by Crippen LogP contribution is -2.18. The number of hydrogen-bond acceptors (Lipinski definition) is 6. The van der Waals surface area contributed by atoms with Crippen LogP contribution in [0.15, 0.2) is 24.4 Å². The summed E-state index contributed by atoms with van der Waals surface area (Å²) in [5.74, 6) is 0.830. The van der Waals surface area contributed by atoms with Gasteiger partial charge in [0.15, 0.2) is 11.5 Å². The Morgan fingerprint density at radius 1 is 1.15 bits per heavy atom. The molecular weight excluding hydrogens is 361 g/mol. The second-order valence-corrected chi connectivity index (χ2v) is 5.99. The number of halogens is 3. The van der Waals surface area contributed by atoms with Crippen molar-refractivity contribution >= 4 is 28.4 Å². The Hall–Kier alpha value is -3.37. The summed E-state index contributed by atoms with van der Waals surface area (Å²) in [6.45, 7) is 0.366. The van der Waals surface area contributed by atoms with Crippen LogP contribution < -0.4 is 11.1 Å². The highest BCUT2D eigenvalue weighted by molar-refractivity contribution is 5.88. The molecule has 0 radical (unpaired) electrons. The summed E-state index contributed by atoms with van der Waals surface area (Å²) in [6, 6.07) is 5.07. The monoisotopic (exact) mass is 376 g/mol. The van der Waals surface area contributed by atoms with Gasteiger partial charge in [-0.3, -0.25) is 0 Å². The molecule has 8 nitrogen and oxygen atoms in total. The topological polar surface area (TPSA) is 98.9 Å². The maximum atomic E-state index is 12.9. The summed E-state index contributed by atoms with van der Waals surface area (Å²) >= 11 is 0. The zero-order valence-electron chi connectivity index (χ0n) is 14.4. The Morgan fingerprint density at radius 3 is 2.63 bits per heavy atom. The number of alkyl halides is 3. The standard InChI is InChI=1S/C16H15F3N8/c1-8-22-11-4-3-10(23-14(11)26(8)7-16(17,18)19)9-5-6-27-12(9)13(20)24-15(21-2)25-27/h3-6H,7H2,1-2H3,(H3,20,21,24,25). The predicted octanol–water partition coefficient (Wildman–Crippen LogP) is 2.64. The lowest BCUT2D eigenvalue weighted by molar-refractivity contribution is -0.140. The molecule has 0 fully saturated rings. The molecule has 4 aromatic rings. The second kappa shape index (κ2) is 5.83. The van der Waals surface area contributed by atoms with Crippen LogP contribution in [0, 0.1) is 6.92 Å². The van der Waals surface area contributed by atoms with Crippen molar-refractivity contribution in [2.75, 3.05) is 18.1 Å². The van der Waals surface area contributed by atoms with Crippen molar-refractivity contribution in [3.63, 3.8) is 0 Å². The van der Waals surface area contributed by atoms with Crippen molar-refractivity contribution < 1.29 is 13.2 Å². The van der Waals surface area contributed by atoms with E-state index in [1.54, 1.807) is 36.0 Å². The zero-order valence-corrected chi connectivity index (χ0v) is 14.4. The number of nitrogens with zero attached hydrogens (tertiary/aromatic N) is 6. The average molecular weight is 376 g/mol. The lowest BCUT2D eigenvalue weighted by atomic mass is 10.2. The van der Waals surface area contributed by atoms with Gasteiger partial charge in [0.1, 0.15) is 23.4 Å². The van der Waals surface area contributed by atoms with Gasteiger partial charge in [-0.05, 0) is 25.1 Å². The number of nitrogens with one attached hydrogen (secondary N) is 1. The molecule has 0 aliphatic heterocycles. The van der Waals surface area contributed by atoms with Crippen LogP contribution >= 0.6 is 0 Å². The molecule has 3 N–H and O–H groups in total. The van der Waals surface area contributed by atoms with E-state index in [1.165, 1.54) is 6.92 Å². The van der Waals surface area contributed by atoms with E-state index in [1.807, 2.05) is 0 Å². The molecule has 4 aromatic heterocycles. The number of hydrogen-bond donors (Lipinski definition) is 2. The van der Waals surface area contributed by atoms with Crippen LogP contribution in [0.5, 0.6) is 0 Å². The van der Waals surface area contributed by atoms with E-state index >= 15 is 0 Å². The fourth-order valence-corrected chi connectivity index (χ4v) is 3.00. The molecule has 0 aromatic carbocycles. The van der Waals surface area contributed by atoms with Crippen molar-refractivity contribution in [1.82, 2.24) is 29.1 Å². The number of anilines is 2. The van der Waals surface area contributed by atoms with Crippen LogP contribution in [0.2, 0.25) is 0 Å². The number of rotatable bonds is 3. The number of fused-ring (bicyclic) bond motifs is 2. The quantitative estimate of drug-likeness (QED) is 0.570. The summed E-state index contributed by atoms with van der Waals surface area (Å²) < 4.78 is 41.3. The Balaban J connectivity index is 1.90. The van der Waals surface area contributed by atoms with Gasteiger partial charge in [-0.2, -0.15) is 18.2 Å². The predicted molar refractivity (Wildman–Crippen MR) is 94.3 cm³/mol. The van der Waals surface area contributed by atoms with E-state index in [-0.39, 0.29) is 17.3 Å². The van der Waals surface area contributed by atoms with Gasteiger partial charge in [-0.1, -0.05) is 0 Å². The van der Waals surface area contributed by atoms with Gasteiger partial charge in [0, 0.05) is 18.8 Å². The summed E-state index contributed by atoms with van der Waals surface area (Å²) in [5, 5.41) is 7.06. The number of aryl methyl sites for hydroxylation is 1. The van der Waals surface area contributed by atoms with Crippen molar-refractivity contribution in [2.45, 2.75) is 19.6 Å². The maximum absolute atomic E-state index is 12.9. The van der Waals surface area contributed by atoms with Crippen LogP contribution in [0.3, 0.4) is 0 Å². The zero-order chi connectivity index (χ0) is 19.3. The van der Waals surface area contributed by atoms with Crippen LogP contribution in [0.4, 0.5) is 24.9 Å². The molecule has 0 saturated heterocycles. The van der Waals surface area contributed by atoms with E-state index < -0.39 is 12.7 Å². The highest BCUT2D eigenvalue weighted by Crippen LogP contribution is 2.30. The van der Waals surface area contributed by atoms with Crippen molar-refractivity contribution in [1.29, 1.82) is 0 Å². The van der Waals surface area contributed by atoms with Crippen molar-refractivity contribution in [3.8, 4) is 11.3 Å². The minimum atomic E-state index is -4.37. The van der Waals surface area contributed by atoms with E-state index in [0.29, 0.717) is 28.2 Å². The molecule has 4 heterocycles. The van der Waals surface area contributed by atoms with E-state index in [9.17, 15) is 13.2 Å². The summed E-state index contributed by atoms with van der Waals surface area (Å²) in [5.41, 5.74) is 8.20. The number of imidazole rings is 1. The van der Waals surface area contributed by atoms with Crippen LogP contribution in [-0.4, -0.2) is 42.4 Å². The smallest absolute Gasteiger partial charge is 0.382 e. The van der Waals surface area contributed by atoms with Crippen molar-refractivity contribution in [3.05, 3.63) is 30.2 Å². The Kier molecular flexibility index (Phi) is 3.68. The SMILES string of the molecule is CNc1nc(N)c2c(-c3ccc4nc(C)n(CC(F)(F)F)c4n3)ccn2n1. The van der Waals surface area contributed by atoms with E-state index in [2.05, 4.69) is 25.4 Å². The van der Waals surface area contributed by atoms with Crippen LogP contribution in [-0.2, 0) is 6.54 Å². The highest BCUT2D eigenvalue weighted by atomic mass is 19.4. The third-order valence-electron chi connectivity index (χ3n) is 4.16. The molecule has 0 saturated carbocycles. The number of nitrogens with two attached hydrogens (primary N) is 1. The van der Waals surface area contributed by atoms with Gasteiger partial charge < -0.3 is 15.6 Å². The lowest BCUT2D eigenvalue weighted by Gasteiger charge is -2.10. The first kappa shape index (κ1) is 17.1. The molecule has 11 heteroatoms. The highest BCUT2D eigenvalue weighted by Gasteiger charge is 2.30. The third kappa shape index (κ3) is 2.90. The molecule has 0 bridgehead atoms. The summed E-state index contributed by atoms with van der Waals surface area (Å²) in [7, 11) is 1.67. The van der Waals surface area contributed by atoms with Gasteiger partial charge in [-0.25, -0.2) is 14.5 Å². The summed E-state index contributed by atoms with van der Waals surface area (Å²) in [4.78, 5) is 12.7. The maximum Gasteiger partial charge on any atom is 0.406 e. The van der Waals surface area contributed by atoms with Gasteiger partial charge in [0.2, 0.25) is 5.95 Å². The first-order chi connectivity index (χ1) is 12.8. The molecule has 0 atom stereocenters. The molecule has 140 valence electrons. The molecule has 0 aliphatic rings. The number of aromatic nitrogens is 6. The van der Waals surface area contributed by atoms with Gasteiger partial charge in [-0.15, -0.1) is 5.10 Å². The average Bonchev–Trinajstić information content (AvgIpc) is 3.15. The minimum absolute atomic E-state index is 0.160. The second-order valence-electron chi connectivity index (χ2n) is 5.99. The minimum Gasteiger partial charge on any atom is -0.382 e. The largest absolute Gasteiger partial charge is 0.406 e. The number of nitrogen functional groups attached to an aromatic ring is 1. The van der Waals surface area contributed by atoms with Crippen LogP contribution in [0.1, 0.15) is 5.82 Å². The molecular formula is C16H15F3N8. The Morgan fingerprint density at radius 2 is 1.93 bits per heavy atom. The fourth-order valence-electron chi connectivity index (χ4n) is 3.00. The van der Waals surface area contributed by atoms with Crippen LogP contribution in [0.25, 0.3) is 27.9 Å². The first-order valence-electron chi connectivity index (χ1n) is 8.00. The molecule has 0 unspecified atom stereocenters. The molecule has 0 amide bonds. The van der Waals surface area contributed by atoms with Gasteiger partial charge in [0.25, 0.3) is 0 Å². The number of pyridine rings is 1. The molecule has 0 spiro atoms. The Bertz CT molecular complexity index is 1160. The first-order valence-corrected chi connectivity index (χ1v) is 8.00. The van der Waals surface area contributed by atoms with Gasteiger partial charge >= 0.3 is 6.18 Å². The van der Waals surface area contributed by atoms with E-state index in [0.717, 1.165) is 4.57 Å². The normalized spacial score (nSPS) is 12.2. The summed E-state index contributed by atoms with van der Waals surface area (Å²) in [6.07, 6.45) is -2.69. The van der Waals surface area contributed by atoms with E-state index in [4.69, 9.17) is 5.73 Å². The molecule has 4 rings (SSSR count). The van der Waals surface area contributed by atoms with Crippen molar-refractivity contribution in [2.24, 2.45) is 0 Å². The molecule has 0 aliphatic carbocycles. The molecule has 27 heavy (non-hydrogen) atoms.